The fourth-order valence-corrected chi connectivity index (χ4v) is 4.49. The van der Waals surface area contributed by atoms with Crippen LogP contribution in [0.4, 0.5) is 5.69 Å². The number of benzene rings is 2. The van der Waals surface area contributed by atoms with Gasteiger partial charge in [0, 0.05) is 45.7 Å². The topological polar surface area (TPSA) is 53.1 Å². The monoisotopic (exact) mass is 421 g/mol. The van der Waals surface area contributed by atoms with Crippen LogP contribution in [-0.2, 0) is 16.0 Å². The number of para-hydroxylation sites is 2. The second-order valence-corrected chi connectivity index (χ2v) is 8.46. The first kappa shape index (κ1) is 21.2. The van der Waals surface area contributed by atoms with Crippen LogP contribution in [0, 0.1) is 12.8 Å². The molecule has 2 aliphatic heterocycles. The predicted molar refractivity (Wildman–Crippen MR) is 121 cm³/mol. The normalized spacial score (nSPS) is 19.1. The molecule has 4 rings (SSSR count). The van der Waals surface area contributed by atoms with E-state index in [1.54, 1.807) is 7.11 Å². The third-order valence-electron chi connectivity index (χ3n) is 6.37. The second-order valence-electron chi connectivity index (χ2n) is 8.46. The minimum atomic E-state index is -0.219. The number of anilines is 1. The number of amides is 2. The van der Waals surface area contributed by atoms with Gasteiger partial charge in [-0.05, 0) is 31.0 Å². The Kier molecular flexibility index (Phi) is 6.44. The predicted octanol–water partition coefficient (Wildman–Crippen LogP) is 2.74. The number of carbonyl (C=O) groups is 2. The van der Waals surface area contributed by atoms with Crippen molar-refractivity contribution >= 4 is 17.5 Å². The zero-order valence-electron chi connectivity index (χ0n) is 18.4. The molecule has 0 aromatic heterocycles. The van der Waals surface area contributed by atoms with Crippen molar-refractivity contribution in [1.82, 2.24) is 9.80 Å². The number of likely N-dealkylation sites (tertiary alicyclic amines) is 1. The molecule has 0 bridgehead atoms. The lowest BCUT2D eigenvalue weighted by Crippen LogP contribution is -2.50. The Labute approximate surface area is 184 Å². The second kappa shape index (κ2) is 9.41. The van der Waals surface area contributed by atoms with Crippen molar-refractivity contribution < 1.29 is 14.3 Å². The number of methoxy groups -OCH3 is 1. The standard InChI is InChI=1S/C25H31N3O3/c1-19-7-9-20(10-8-19)11-12-28-18-21(17-24(28)29)25(30)27-15-13-26(14-16-27)22-5-3-4-6-23(22)31-2/h3-10,21H,11-18H2,1-2H3. The van der Waals surface area contributed by atoms with Gasteiger partial charge in [0.1, 0.15) is 5.75 Å². The van der Waals surface area contributed by atoms with E-state index in [2.05, 4.69) is 42.2 Å². The highest BCUT2D eigenvalue weighted by molar-refractivity contribution is 5.89. The minimum absolute atomic E-state index is 0.0955. The van der Waals surface area contributed by atoms with E-state index in [0.717, 1.165) is 30.9 Å². The number of ether oxygens (including phenoxy) is 1. The summed E-state index contributed by atoms with van der Waals surface area (Å²) in [4.78, 5) is 31.6. The number of nitrogens with zero attached hydrogens (tertiary/aromatic N) is 3. The van der Waals surface area contributed by atoms with Crippen LogP contribution in [0.2, 0.25) is 0 Å². The van der Waals surface area contributed by atoms with Gasteiger partial charge in [-0.1, -0.05) is 42.0 Å². The van der Waals surface area contributed by atoms with Crippen LogP contribution in [0.3, 0.4) is 0 Å². The molecule has 2 aromatic rings. The zero-order chi connectivity index (χ0) is 21.8. The quantitative estimate of drug-likeness (QED) is 0.720. The molecule has 2 heterocycles. The summed E-state index contributed by atoms with van der Waals surface area (Å²) in [7, 11) is 1.68. The first-order valence-corrected chi connectivity index (χ1v) is 11.0. The Morgan fingerprint density at radius 2 is 1.74 bits per heavy atom. The Hall–Kier alpha value is -3.02. The minimum Gasteiger partial charge on any atom is -0.495 e. The SMILES string of the molecule is COc1ccccc1N1CCN(C(=O)C2CC(=O)N(CCc3ccc(C)cc3)C2)CC1. The fraction of sp³-hybridized carbons (Fsp3) is 0.440. The van der Waals surface area contributed by atoms with Crippen LogP contribution >= 0.6 is 0 Å². The molecular weight excluding hydrogens is 390 g/mol. The van der Waals surface area contributed by atoms with Crippen LogP contribution < -0.4 is 9.64 Å². The number of carbonyl (C=O) groups excluding carboxylic acids is 2. The lowest BCUT2D eigenvalue weighted by molar-refractivity contribution is -0.136. The molecule has 0 aliphatic carbocycles. The summed E-state index contributed by atoms with van der Waals surface area (Å²) in [6, 6.07) is 16.4. The molecule has 0 N–H and O–H groups in total. The highest BCUT2D eigenvalue weighted by Gasteiger charge is 2.37. The molecule has 2 amide bonds. The maximum Gasteiger partial charge on any atom is 0.228 e. The molecular formula is C25H31N3O3. The van der Waals surface area contributed by atoms with E-state index in [4.69, 9.17) is 4.74 Å². The maximum absolute atomic E-state index is 13.1. The lowest BCUT2D eigenvalue weighted by Gasteiger charge is -2.37. The first-order chi connectivity index (χ1) is 15.0. The number of aryl methyl sites for hydroxylation is 1. The third kappa shape index (κ3) is 4.84. The number of hydrogen-bond acceptors (Lipinski definition) is 4. The van der Waals surface area contributed by atoms with Crippen LogP contribution in [0.15, 0.2) is 48.5 Å². The van der Waals surface area contributed by atoms with E-state index in [1.165, 1.54) is 11.1 Å². The molecule has 0 saturated carbocycles. The van der Waals surface area contributed by atoms with Crippen LogP contribution in [0.1, 0.15) is 17.5 Å². The maximum atomic E-state index is 13.1. The number of piperazine rings is 1. The van der Waals surface area contributed by atoms with E-state index in [9.17, 15) is 9.59 Å². The Bertz CT molecular complexity index is 920. The van der Waals surface area contributed by atoms with Crippen LogP contribution in [0.5, 0.6) is 5.75 Å². The third-order valence-corrected chi connectivity index (χ3v) is 6.37. The average Bonchev–Trinajstić information content (AvgIpc) is 3.18. The van der Waals surface area contributed by atoms with Crippen molar-refractivity contribution in [2.45, 2.75) is 19.8 Å². The molecule has 6 nitrogen and oxygen atoms in total. The Morgan fingerprint density at radius 3 is 2.45 bits per heavy atom. The van der Waals surface area contributed by atoms with Gasteiger partial charge in [0.15, 0.2) is 0 Å². The fourth-order valence-electron chi connectivity index (χ4n) is 4.49. The molecule has 0 radical (unpaired) electrons. The summed E-state index contributed by atoms with van der Waals surface area (Å²) < 4.78 is 5.47. The summed E-state index contributed by atoms with van der Waals surface area (Å²) in [6.07, 6.45) is 1.16. The molecule has 6 heteroatoms. The summed E-state index contributed by atoms with van der Waals surface area (Å²) in [5.74, 6) is 0.847. The van der Waals surface area contributed by atoms with E-state index in [-0.39, 0.29) is 17.7 Å². The summed E-state index contributed by atoms with van der Waals surface area (Å²) in [6.45, 7) is 6.16. The van der Waals surface area contributed by atoms with Gasteiger partial charge in [0.2, 0.25) is 11.8 Å². The largest absolute Gasteiger partial charge is 0.495 e. The Morgan fingerprint density at radius 1 is 1.03 bits per heavy atom. The number of rotatable bonds is 6. The average molecular weight is 422 g/mol. The molecule has 2 fully saturated rings. The molecule has 164 valence electrons. The highest BCUT2D eigenvalue weighted by Crippen LogP contribution is 2.29. The smallest absolute Gasteiger partial charge is 0.228 e. The van der Waals surface area contributed by atoms with E-state index in [1.807, 2.05) is 28.0 Å². The summed E-state index contributed by atoms with van der Waals surface area (Å²) in [5.41, 5.74) is 3.52. The lowest BCUT2D eigenvalue weighted by atomic mass is 10.1. The molecule has 31 heavy (non-hydrogen) atoms. The van der Waals surface area contributed by atoms with Crippen molar-refractivity contribution in [3.8, 4) is 5.75 Å². The van der Waals surface area contributed by atoms with Gasteiger partial charge >= 0.3 is 0 Å². The van der Waals surface area contributed by atoms with Crippen molar-refractivity contribution in [2.24, 2.45) is 5.92 Å². The van der Waals surface area contributed by atoms with Gasteiger partial charge in [0.25, 0.3) is 0 Å². The molecule has 2 aromatic carbocycles. The summed E-state index contributed by atoms with van der Waals surface area (Å²) in [5, 5.41) is 0. The molecule has 1 unspecified atom stereocenters. The molecule has 1 atom stereocenters. The molecule has 2 aliphatic rings. The molecule has 2 saturated heterocycles. The van der Waals surface area contributed by atoms with Crippen molar-refractivity contribution in [1.29, 1.82) is 0 Å². The van der Waals surface area contributed by atoms with Gasteiger partial charge in [0.05, 0.1) is 18.7 Å². The van der Waals surface area contributed by atoms with Gasteiger partial charge < -0.3 is 19.4 Å². The van der Waals surface area contributed by atoms with E-state index < -0.39 is 0 Å². The van der Waals surface area contributed by atoms with Crippen molar-refractivity contribution in [2.75, 3.05) is 51.3 Å². The van der Waals surface area contributed by atoms with E-state index >= 15 is 0 Å². The summed E-state index contributed by atoms with van der Waals surface area (Å²) >= 11 is 0. The van der Waals surface area contributed by atoms with Gasteiger partial charge in [-0.2, -0.15) is 0 Å². The van der Waals surface area contributed by atoms with Crippen molar-refractivity contribution in [3.05, 3.63) is 59.7 Å². The van der Waals surface area contributed by atoms with E-state index in [0.29, 0.717) is 32.6 Å². The van der Waals surface area contributed by atoms with Gasteiger partial charge in [-0.15, -0.1) is 0 Å². The van der Waals surface area contributed by atoms with Gasteiger partial charge in [-0.3, -0.25) is 9.59 Å². The Balaban J connectivity index is 1.29. The van der Waals surface area contributed by atoms with Crippen molar-refractivity contribution in [3.63, 3.8) is 0 Å². The van der Waals surface area contributed by atoms with Crippen LogP contribution in [-0.4, -0.2) is 68.0 Å². The molecule has 0 spiro atoms. The zero-order valence-corrected chi connectivity index (χ0v) is 18.4. The number of hydrogen-bond donors (Lipinski definition) is 0. The van der Waals surface area contributed by atoms with Crippen LogP contribution in [0.25, 0.3) is 0 Å². The van der Waals surface area contributed by atoms with Gasteiger partial charge in [-0.25, -0.2) is 0 Å². The highest BCUT2D eigenvalue weighted by atomic mass is 16.5. The first-order valence-electron chi connectivity index (χ1n) is 11.0.